The average molecular weight is 273 g/mol. The number of likely N-dealkylation sites (N-methyl/N-ethyl adjacent to an activating group) is 1. The van der Waals surface area contributed by atoms with Crippen molar-refractivity contribution in [1.29, 1.82) is 0 Å². The molecule has 0 atom stereocenters. The van der Waals surface area contributed by atoms with Gasteiger partial charge in [0.1, 0.15) is 12.7 Å². The summed E-state index contributed by atoms with van der Waals surface area (Å²) in [5.41, 5.74) is 1.05. The molecular weight excluding hydrogens is 254 g/mol. The Bertz CT molecular complexity index is 560. The van der Waals surface area contributed by atoms with Gasteiger partial charge in [-0.2, -0.15) is 5.10 Å². The number of benzene rings is 1. The van der Waals surface area contributed by atoms with Crippen molar-refractivity contribution in [3.63, 3.8) is 0 Å². The van der Waals surface area contributed by atoms with Gasteiger partial charge in [-0.25, -0.2) is 9.67 Å². The van der Waals surface area contributed by atoms with Crippen LogP contribution in [0, 0.1) is 0 Å². The molecular formula is C14H19N5O. The predicted molar refractivity (Wildman–Crippen MR) is 77.7 cm³/mol. The maximum Gasteiger partial charge on any atom is 0.244 e. The molecule has 1 aromatic carbocycles. The number of hydrogen-bond acceptors (Lipinski definition) is 4. The van der Waals surface area contributed by atoms with E-state index in [9.17, 15) is 4.79 Å². The zero-order valence-electron chi connectivity index (χ0n) is 11.9. The second-order valence-corrected chi connectivity index (χ2v) is 5.00. The van der Waals surface area contributed by atoms with E-state index in [4.69, 9.17) is 0 Å². The first kappa shape index (κ1) is 14.2. The molecule has 1 aromatic heterocycles. The monoisotopic (exact) mass is 273 g/mol. The van der Waals surface area contributed by atoms with Gasteiger partial charge in [-0.05, 0) is 44.7 Å². The second kappa shape index (κ2) is 5.83. The quantitative estimate of drug-likeness (QED) is 0.868. The summed E-state index contributed by atoms with van der Waals surface area (Å²) < 4.78 is 1.66. The largest absolute Gasteiger partial charge is 0.325 e. The van der Waals surface area contributed by atoms with E-state index in [-0.39, 0.29) is 5.91 Å². The van der Waals surface area contributed by atoms with Gasteiger partial charge < -0.3 is 10.6 Å². The van der Waals surface area contributed by atoms with Crippen molar-refractivity contribution in [2.24, 2.45) is 0 Å². The summed E-state index contributed by atoms with van der Waals surface area (Å²) in [6.07, 6.45) is 3.11. The highest BCUT2D eigenvalue weighted by atomic mass is 16.2. The molecule has 0 saturated carbocycles. The maximum atomic E-state index is 12.1. The molecule has 0 unspecified atom stereocenters. The van der Waals surface area contributed by atoms with Crippen molar-refractivity contribution in [1.82, 2.24) is 20.1 Å². The van der Waals surface area contributed by atoms with Crippen molar-refractivity contribution in [3.8, 4) is 5.69 Å². The smallest absolute Gasteiger partial charge is 0.244 e. The van der Waals surface area contributed by atoms with E-state index in [1.54, 1.807) is 11.0 Å². The lowest BCUT2D eigenvalue weighted by Crippen LogP contribution is -2.49. The molecule has 0 spiro atoms. The number of aromatic nitrogens is 3. The fraction of sp³-hybridized carbons (Fsp3) is 0.357. The second-order valence-electron chi connectivity index (χ2n) is 5.00. The van der Waals surface area contributed by atoms with Crippen molar-refractivity contribution in [2.75, 3.05) is 11.9 Å². The molecule has 106 valence electrons. The Balaban J connectivity index is 2.06. The predicted octanol–water partition coefficient (Wildman–Crippen LogP) is 1.59. The number of carbonyl (C=O) groups is 1. The molecule has 0 fully saturated rings. The van der Waals surface area contributed by atoms with Crippen molar-refractivity contribution in [3.05, 3.63) is 36.9 Å². The normalized spacial score (nSPS) is 11.3. The molecule has 0 aliphatic rings. The number of amides is 1. The Kier molecular flexibility index (Phi) is 4.14. The van der Waals surface area contributed by atoms with E-state index >= 15 is 0 Å². The number of nitrogens with zero attached hydrogens (tertiary/aromatic N) is 3. The van der Waals surface area contributed by atoms with Crippen LogP contribution >= 0.6 is 0 Å². The van der Waals surface area contributed by atoms with Crippen molar-refractivity contribution < 1.29 is 4.79 Å². The highest BCUT2D eigenvalue weighted by molar-refractivity contribution is 5.97. The average Bonchev–Trinajstić information content (AvgIpc) is 2.93. The van der Waals surface area contributed by atoms with E-state index in [0.717, 1.165) is 17.9 Å². The molecule has 2 N–H and O–H groups in total. The lowest BCUT2D eigenvalue weighted by Gasteiger charge is -2.24. The SMILES string of the molecule is CCNC(C)(C)C(=O)Nc1ccc(-n2cncn2)cc1. The molecule has 6 heteroatoms. The first-order valence-electron chi connectivity index (χ1n) is 6.54. The lowest BCUT2D eigenvalue weighted by atomic mass is 10.0. The summed E-state index contributed by atoms with van der Waals surface area (Å²) in [6, 6.07) is 7.45. The van der Waals surface area contributed by atoms with Crippen LogP contribution in [0.5, 0.6) is 0 Å². The van der Waals surface area contributed by atoms with Crippen LogP contribution < -0.4 is 10.6 Å². The van der Waals surface area contributed by atoms with Crippen LogP contribution in [0.2, 0.25) is 0 Å². The van der Waals surface area contributed by atoms with Gasteiger partial charge in [0, 0.05) is 5.69 Å². The summed E-state index contributed by atoms with van der Waals surface area (Å²) in [4.78, 5) is 16.0. The van der Waals surface area contributed by atoms with Crippen LogP contribution in [0.25, 0.3) is 5.69 Å². The van der Waals surface area contributed by atoms with Crippen LogP contribution in [0.1, 0.15) is 20.8 Å². The number of carbonyl (C=O) groups excluding carboxylic acids is 1. The Labute approximate surface area is 118 Å². The van der Waals surface area contributed by atoms with E-state index < -0.39 is 5.54 Å². The highest BCUT2D eigenvalue weighted by Crippen LogP contribution is 2.14. The van der Waals surface area contributed by atoms with E-state index in [1.807, 2.05) is 45.0 Å². The Morgan fingerprint density at radius 2 is 2.00 bits per heavy atom. The highest BCUT2D eigenvalue weighted by Gasteiger charge is 2.25. The summed E-state index contributed by atoms with van der Waals surface area (Å²) in [6.45, 7) is 6.43. The summed E-state index contributed by atoms with van der Waals surface area (Å²) in [5.74, 6) is -0.0622. The number of rotatable bonds is 5. The minimum absolute atomic E-state index is 0.0622. The molecule has 2 rings (SSSR count). The standard InChI is InChI=1S/C14H19N5O/c1-4-16-14(2,3)13(20)18-11-5-7-12(8-6-11)19-10-15-9-17-19/h5-10,16H,4H2,1-3H3,(H,18,20). The first-order valence-corrected chi connectivity index (χ1v) is 6.54. The molecule has 0 aliphatic carbocycles. The van der Waals surface area contributed by atoms with Gasteiger partial charge in [0.25, 0.3) is 0 Å². The summed E-state index contributed by atoms with van der Waals surface area (Å²) in [7, 11) is 0. The molecule has 6 nitrogen and oxygen atoms in total. The molecule has 0 saturated heterocycles. The summed E-state index contributed by atoms with van der Waals surface area (Å²) >= 11 is 0. The topological polar surface area (TPSA) is 71.8 Å². The van der Waals surface area contributed by atoms with E-state index in [0.29, 0.717) is 0 Å². The Hall–Kier alpha value is -2.21. The van der Waals surface area contributed by atoms with Crippen LogP contribution in [-0.4, -0.2) is 32.8 Å². The van der Waals surface area contributed by atoms with Crippen LogP contribution in [0.15, 0.2) is 36.9 Å². The third-order valence-corrected chi connectivity index (χ3v) is 2.99. The molecule has 0 radical (unpaired) electrons. The molecule has 0 bridgehead atoms. The van der Waals surface area contributed by atoms with Gasteiger partial charge >= 0.3 is 0 Å². The molecule has 1 heterocycles. The molecule has 0 aliphatic heterocycles. The maximum absolute atomic E-state index is 12.1. The molecule has 20 heavy (non-hydrogen) atoms. The summed E-state index contributed by atoms with van der Waals surface area (Å²) in [5, 5.41) is 10.1. The fourth-order valence-corrected chi connectivity index (χ4v) is 1.85. The van der Waals surface area contributed by atoms with Gasteiger partial charge in [0.05, 0.1) is 11.2 Å². The minimum atomic E-state index is -0.598. The van der Waals surface area contributed by atoms with Gasteiger partial charge in [0.2, 0.25) is 5.91 Å². The van der Waals surface area contributed by atoms with E-state index in [1.165, 1.54) is 6.33 Å². The molecule has 1 amide bonds. The van der Waals surface area contributed by atoms with Crippen molar-refractivity contribution in [2.45, 2.75) is 26.3 Å². The van der Waals surface area contributed by atoms with Crippen LogP contribution in [0.3, 0.4) is 0 Å². The fourth-order valence-electron chi connectivity index (χ4n) is 1.85. The van der Waals surface area contributed by atoms with Crippen molar-refractivity contribution >= 4 is 11.6 Å². The number of anilines is 1. The Morgan fingerprint density at radius 3 is 2.55 bits per heavy atom. The third kappa shape index (κ3) is 3.21. The first-order chi connectivity index (χ1) is 9.53. The van der Waals surface area contributed by atoms with Crippen LogP contribution in [-0.2, 0) is 4.79 Å². The third-order valence-electron chi connectivity index (χ3n) is 2.99. The molecule has 2 aromatic rings. The van der Waals surface area contributed by atoms with Gasteiger partial charge in [-0.1, -0.05) is 6.92 Å². The van der Waals surface area contributed by atoms with E-state index in [2.05, 4.69) is 20.7 Å². The zero-order valence-corrected chi connectivity index (χ0v) is 11.9. The van der Waals surface area contributed by atoms with Gasteiger partial charge in [-0.15, -0.1) is 0 Å². The van der Waals surface area contributed by atoms with Gasteiger partial charge in [0.15, 0.2) is 0 Å². The number of nitrogens with one attached hydrogen (secondary N) is 2. The number of hydrogen-bond donors (Lipinski definition) is 2. The Morgan fingerprint density at radius 1 is 1.30 bits per heavy atom. The lowest BCUT2D eigenvalue weighted by molar-refractivity contribution is -0.121. The zero-order chi connectivity index (χ0) is 14.6. The van der Waals surface area contributed by atoms with Gasteiger partial charge in [-0.3, -0.25) is 4.79 Å². The van der Waals surface area contributed by atoms with Crippen LogP contribution in [0.4, 0.5) is 5.69 Å². The minimum Gasteiger partial charge on any atom is -0.325 e.